The van der Waals surface area contributed by atoms with E-state index in [0.29, 0.717) is 17.4 Å². The van der Waals surface area contributed by atoms with Crippen LogP contribution < -0.4 is 0 Å². The molecule has 1 saturated heterocycles. The molecule has 1 aromatic heterocycles. The number of carbonyl (C=O) groups excluding carboxylic acids is 1. The van der Waals surface area contributed by atoms with E-state index in [0.717, 1.165) is 47.1 Å². The fourth-order valence-corrected chi connectivity index (χ4v) is 4.34. The van der Waals surface area contributed by atoms with Crippen molar-refractivity contribution in [3.63, 3.8) is 0 Å². The molecule has 26 heavy (non-hydrogen) atoms. The molecule has 0 saturated carbocycles. The average molecular weight is 372 g/mol. The van der Waals surface area contributed by atoms with Gasteiger partial charge < -0.3 is 10.0 Å². The molecule has 1 amide bonds. The smallest absolute Gasteiger partial charge is 0.335 e. The van der Waals surface area contributed by atoms with Gasteiger partial charge >= 0.3 is 5.97 Å². The average Bonchev–Trinajstić information content (AvgIpc) is 3.21. The maximum Gasteiger partial charge on any atom is 0.335 e. The van der Waals surface area contributed by atoms with Crippen molar-refractivity contribution in [1.82, 2.24) is 9.88 Å². The summed E-state index contributed by atoms with van der Waals surface area (Å²) in [6.07, 6.45) is 1.84. The summed E-state index contributed by atoms with van der Waals surface area (Å²) in [7, 11) is 0. The predicted molar refractivity (Wildman–Crippen MR) is 102 cm³/mol. The van der Waals surface area contributed by atoms with Crippen molar-refractivity contribution < 1.29 is 14.7 Å². The Labute approximate surface area is 157 Å². The SMILES string of the molecule is Cc1nc(C(C)C)sc1C(=O)N1CCC(Cc2ccc(C(=O)O)cc2)C1. The highest BCUT2D eigenvalue weighted by molar-refractivity contribution is 7.13. The Morgan fingerprint density at radius 3 is 2.58 bits per heavy atom. The normalized spacial score (nSPS) is 17.1. The monoisotopic (exact) mass is 372 g/mol. The number of benzene rings is 1. The molecule has 0 spiro atoms. The molecule has 1 aliphatic rings. The van der Waals surface area contributed by atoms with Crippen molar-refractivity contribution in [3.05, 3.63) is 51.0 Å². The van der Waals surface area contributed by atoms with E-state index in [4.69, 9.17) is 5.11 Å². The number of hydrogen-bond acceptors (Lipinski definition) is 4. The van der Waals surface area contributed by atoms with Crippen LogP contribution in [0.4, 0.5) is 0 Å². The summed E-state index contributed by atoms with van der Waals surface area (Å²) in [4.78, 5) is 31.0. The van der Waals surface area contributed by atoms with Crippen molar-refractivity contribution in [1.29, 1.82) is 0 Å². The number of carboxylic acid groups (broad SMARTS) is 1. The van der Waals surface area contributed by atoms with Gasteiger partial charge in [0.2, 0.25) is 0 Å². The molecule has 5 nitrogen and oxygen atoms in total. The number of aryl methyl sites for hydroxylation is 1. The second kappa shape index (κ2) is 7.58. The molecule has 1 fully saturated rings. The van der Waals surface area contributed by atoms with Gasteiger partial charge in [0, 0.05) is 19.0 Å². The van der Waals surface area contributed by atoms with E-state index >= 15 is 0 Å². The molecule has 1 aliphatic heterocycles. The second-order valence-corrected chi connectivity index (χ2v) is 8.26. The van der Waals surface area contributed by atoms with E-state index in [1.54, 1.807) is 12.1 Å². The molecular weight excluding hydrogens is 348 g/mol. The fraction of sp³-hybridized carbons (Fsp3) is 0.450. The Morgan fingerprint density at radius 2 is 2.00 bits per heavy atom. The molecule has 2 aromatic rings. The van der Waals surface area contributed by atoms with E-state index in [1.807, 2.05) is 24.0 Å². The van der Waals surface area contributed by atoms with Crippen LogP contribution in [0, 0.1) is 12.8 Å². The number of rotatable bonds is 5. The minimum atomic E-state index is -0.908. The minimum Gasteiger partial charge on any atom is -0.478 e. The third-order valence-corrected chi connectivity index (χ3v) is 6.25. The van der Waals surface area contributed by atoms with Crippen LogP contribution in [0.15, 0.2) is 24.3 Å². The maximum atomic E-state index is 12.9. The van der Waals surface area contributed by atoms with Crippen LogP contribution in [-0.2, 0) is 6.42 Å². The third-order valence-electron chi connectivity index (χ3n) is 4.80. The summed E-state index contributed by atoms with van der Waals surface area (Å²) in [5.41, 5.74) is 2.25. The quantitative estimate of drug-likeness (QED) is 0.862. The molecule has 2 heterocycles. The predicted octanol–water partition coefficient (Wildman–Crippen LogP) is 3.98. The highest BCUT2D eigenvalue weighted by Crippen LogP contribution is 2.28. The Hall–Kier alpha value is -2.21. The van der Waals surface area contributed by atoms with Crippen LogP contribution in [0.5, 0.6) is 0 Å². The van der Waals surface area contributed by atoms with Gasteiger partial charge in [-0.05, 0) is 43.4 Å². The van der Waals surface area contributed by atoms with Crippen LogP contribution in [0.3, 0.4) is 0 Å². The second-order valence-electron chi connectivity index (χ2n) is 7.23. The number of likely N-dealkylation sites (tertiary alicyclic amines) is 1. The van der Waals surface area contributed by atoms with Crippen LogP contribution in [0.2, 0.25) is 0 Å². The Kier molecular flexibility index (Phi) is 5.41. The van der Waals surface area contributed by atoms with Crippen molar-refractivity contribution in [2.24, 2.45) is 5.92 Å². The molecular formula is C20H24N2O3S. The fourth-order valence-electron chi connectivity index (χ4n) is 3.31. The third kappa shape index (κ3) is 3.96. The Morgan fingerprint density at radius 1 is 1.31 bits per heavy atom. The highest BCUT2D eigenvalue weighted by Gasteiger charge is 2.29. The number of carbonyl (C=O) groups is 2. The van der Waals surface area contributed by atoms with Gasteiger partial charge in [-0.25, -0.2) is 9.78 Å². The molecule has 1 atom stereocenters. The van der Waals surface area contributed by atoms with E-state index in [2.05, 4.69) is 18.8 Å². The number of aromatic nitrogens is 1. The lowest BCUT2D eigenvalue weighted by Crippen LogP contribution is -2.28. The van der Waals surface area contributed by atoms with Crippen molar-refractivity contribution in [3.8, 4) is 0 Å². The number of aromatic carboxylic acids is 1. The van der Waals surface area contributed by atoms with E-state index in [9.17, 15) is 9.59 Å². The molecule has 1 aromatic carbocycles. The minimum absolute atomic E-state index is 0.0932. The number of amides is 1. The number of nitrogens with zero attached hydrogens (tertiary/aromatic N) is 2. The number of carboxylic acids is 1. The van der Waals surface area contributed by atoms with Gasteiger partial charge in [-0.1, -0.05) is 26.0 Å². The maximum absolute atomic E-state index is 12.9. The molecule has 1 N–H and O–H groups in total. The van der Waals surface area contributed by atoms with E-state index in [-0.39, 0.29) is 5.91 Å². The highest BCUT2D eigenvalue weighted by atomic mass is 32.1. The molecule has 1 unspecified atom stereocenters. The van der Waals surface area contributed by atoms with E-state index < -0.39 is 5.97 Å². The van der Waals surface area contributed by atoms with Crippen LogP contribution in [-0.4, -0.2) is 40.0 Å². The van der Waals surface area contributed by atoms with Gasteiger partial charge in [-0.2, -0.15) is 0 Å². The number of thiazole rings is 1. The van der Waals surface area contributed by atoms with Gasteiger partial charge in [0.15, 0.2) is 0 Å². The summed E-state index contributed by atoms with van der Waals surface area (Å²) in [5.74, 6) is -0.0710. The zero-order valence-corrected chi connectivity index (χ0v) is 16.2. The summed E-state index contributed by atoms with van der Waals surface area (Å²) in [6.45, 7) is 7.61. The van der Waals surface area contributed by atoms with Gasteiger partial charge in [-0.3, -0.25) is 4.79 Å². The van der Waals surface area contributed by atoms with Crippen molar-refractivity contribution in [2.75, 3.05) is 13.1 Å². The number of hydrogen-bond donors (Lipinski definition) is 1. The topological polar surface area (TPSA) is 70.5 Å². The standard InChI is InChI=1S/C20H24N2O3S/c1-12(2)18-21-13(3)17(26-18)19(23)22-9-8-15(11-22)10-14-4-6-16(7-5-14)20(24)25/h4-7,12,15H,8-11H2,1-3H3,(H,24,25). The van der Waals surface area contributed by atoms with E-state index in [1.165, 1.54) is 11.3 Å². The molecule has 6 heteroatoms. The van der Waals surface area contributed by atoms with Gasteiger partial charge in [0.05, 0.1) is 16.3 Å². The molecule has 3 rings (SSSR count). The first-order valence-corrected chi connectivity index (χ1v) is 9.75. The lowest BCUT2D eigenvalue weighted by molar-refractivity contribution is 0.0696. The van der Waals surface area contributed by atoms with Crippen LogP contribution >= 0.6 is 11.3 Å². The van der Waals surface area contributed by atoms with Gasteiger partial charge in [-0.15, -0.1) is 11.3 Å². The van der Waals surface area contributed by atoms with Crippen LogP contribution in [0.1, 0.15) is 62.5 Å². The Bertz CT molecular complexity index is 811. The Balaban J connectivity index is 1.63. The summed E-state index contributed by atoms with van der Waals surface area (Å²) < 4.78 is 0. The lowest BCUT2D eigenvalue weighted by Gasteiger charge is -2.16. The largest absolute Gasteiger partial charge is 0.478 e. The molecule has 138 valence electrons. The molecule has 0 bridgehead atoms. The van der Waals surface area contributed by atoms with Gasteiger partial charge in [0.1, 0.15) is 4.88 Å². The summed E-state index contributed by atoms with van der Waals surface area (Å²) in [5, 5.41) is 9.99. The zero-order chi connectivity index (χ0) is 18.8. The first kappa shape index (κ1) is 18.6. The lowest BCUT2D eigenvalue weighted by atomic mass is 9.98. The van der Waals surface area contributed by atoms with Crippen molar-refractivity contribution >= 4 is 23.2 Å². The molecule has 0 aliphatic carbocycles. The van der Waals surface area contributed by atoms with Crippen LogP contribution in [0.25, 0.3) is 0 Å². The van der Waals surface area contributed by atoms with Crippen molar-refractivity contribution in [2.45, 2.75) is 39.5 Å². The molecule has 0 radical (unpaired) electrons. The zero-order valence-electron chi connectivity index (χ0n) is 15.4. The summed E-state index contributed by atoms with van der Waals surface area (Å²) in [6, 6.07) is 7.03. The summed E-state index contributed by atoms with van der Waals surface area (Å²) >= 11 is 1.51. The first-order chi connectivity index (χ1) is 12.3. The van der Waals surface area contributed by atoms with Gasteiger partial charge in [0.25, 0.3) is 5.91 Å². The first-order valence-electron chi connectivity index (χ1n) is 8.94.